The van der Waals surface area contributed by atoms with E-state index >= 15 is 0 Å². The molecule has 0 unspecified atom stereocenters. The van der Waals surface area contributed by atoms with E-state index in [1.165, 1.54) is 6.07 Å². The molecule has 0 fully saturated rings. The van der Waals surface area contributed by atoms with Gasteiger partial charge in [-0.2, -0.15) is 0 Å². The molecule has 0 atom stereocenters. The highest BCUT2D eigenvalue weighted by Crippen LogP contribution is 2.28. The predicted octanol–water partition coefficient (Wildman–Crippen LogP) is 3.70. The highest BCUT2D eigenvalue weighted by atomic mass is 16.6. The van der Waals surface area contributed by atoms with Crippen LogP contribution < -0.4 is 9.47 Å². The van der Waals surface area contributed by atoms with Crippen molar-refractivity contribution in [1.82, 2.24) is 9.72 Å². The molecule has 0 amide bonds. The van der Waals surface area contributed by atoms with Crippen molar-refractivity contribution in [2.75, 3.05) is 20.8 Å². The van der Waals surface area contributed by atoms with Crippen molar-refractivity contribution in [1.29, 1.82) is 0 Å². The zero-order chi connectivity index (χ0) is 22.5. The molecule has 8 heteroatoms. The number of hydrogen-bond acceptors (Lipinski definition) is 7. The number of carbonyl (C=O) groups is 2. The zero-order valence-corrected chi connectivity index (χ0v) is 18.4. The molecule has 0 saturated carbocycles. The van der Waals surface area contributed by atoms with Gasteiger partial charge in [-0.25, -0.2) is 4.79 Å². The second-order valence-electron chi connectivity index (χ2n) is 7.21. The number of methoxy groups -OCH3 is 2. The fourth-order valence-electron chi connectivity index (χ4n) is 3.44. The third-order valence-corrected chi connectivity index (χ3v) is 5.11. The normalized spacial score (nSPS) is 10.7. The van der Waals surface area contributed by atoms with E-state index in [9.17, 15) is 9.59 Å². The number of benzene rings is 1. The third-order valence-electron chi connectivity index (χ3n) is 5.11. The Morgan fingerprint density at radius 3 is 2.42 bits per heavy atom. The van der Waals surface area contributed by atoms with Gasteiger partial charge in [0.2, 0.25) is 11.5 Å². The average Bonchev–Trinajstić information content (AvgIpc) is 3.32. The molecule has 2 heterocycles. The Bertz CT molecular complexity index is 1100. The summed E-state index contributed by atoms with van der Waals surface area (Å²) in [4.78, 5) is 24.6. The molecule has 0 bridgehead atoms. The van der Waals surface area contributed by atoms with Gasteiger partial charge in [0.05, 0.1) is 19.9 Å². The Labute approximate surface area is 180 Å². The van der Waals surface area contributed by atoms with E-state index in [0.717, 1.165) is 23.4 Å². The van der Waals surface area contributed by atoms with Gasteiger partial charge in [0, 0.05) is 29.6 Å². The second-order valence-corrected chi connectivity index (χ2v) is 7.21. The fraction of sp³-hybridized carbons (Fsp3) is 0.348. The number of aromatic nitrogens is 2. The van der Waals surface area contributed by atoms with Crippen molar-refractivity contribution in [3.8, 4) is 11.5 Å². The molecule has 8 nitrogen and oxygen atoms in total. The van der Waals surface area contributed by atoms with Crippen molar-refractivity contribution in [3.05, 3.63) is 64.3 Å². The van der Waals surface area contributed by atoms with Crippen LogP contribution >= 0.6 is 0 Å². The van der Waals surface area contributed by atoms with Gasteiger partial charge in [-0.3, -0.25) is 4.79 Å². The van der Waals surface area contributed by atoms with Gasteiger partial charge in [0.15, 0.2) is 18.1 Å². The molecule has 31 heavy (non-hydrogen) atoms. The lowest BCUT2D eigenvalue weighted by molar-refractivity contribution is 0.0435. The molecule has 0 saturated heterocycles. The first-order chi connectivity index (χ1) is 14.8. The Morgan fingerprint density at radius 2 is 1.77 bits per heavy atom. The van der Waals surface area contributed by atoms with E-state index in [4.69, 9.17) is 18.7 Å². The van der Waals surface area contributed by atoms with E-state index in [1.54, 1.807) is 21.1 Å². The van der Waals surface area contributed by atoms with E-state index in [1.807, 2.05) is 38.1 Å². The van der Waals surface area contributed by atoms with Crippen molar-refractivity contribution in [2.45, 2.75) is 33.7 Å². The Morgan fingerprint density at radius 1 is 1.03 bits per heavy atom. The number of aryl methyl sites for hydroxylation is 3. The molecule has 1 aromatic carbocycles. The molecule has 164 valence electrons. The van der Waals surface area contributed by atoms with Crippen LogP contribution in [-0.2, 0) is 17.7 Å². The van der Waals surface area contributed by atoms with Crippen molar-refractivity contribution in [2.24, 2.45) is 0 Å². The van der Waals surface area contributed by atoms with Gasteiger partial charge in [-0.05, 0) is 51.0 Å². The van der Waals surface area contributed by atoms with E-state index in [2.05, 4.69) is 9.72 Å². The molecule has 3 aromatic rings. The van der Waals surface area contributed by atoms with Crippen LogP contribution in [0.15, 0.2) is 34.9 Å². The third kappa shape index (κ3) is 4.96. The van der Waals surface area contributed by atoms with Crippen LogP contribution in [0.2, 0.25) is 0 Å². The van der Waals surface area contributed by atoms with E-state index in [0.29, 0.717) is 29.3 Å². The predicted molar refractivity (Wildman–Crippen MR) is 113 cm³/mol. The molecule has 0 radical (unpaired) electrons. The Balaban J connectivity index is 1.66. The summed E-state index contributed by atoms with van der Waals surface area (Å²) in [6, 6.07) is 9.10. The largest absolute Gasteiger partial charge is 0.493 e. The molecule has 0 aliphatic heterocycles. The smallest absolute Gasteiger partial charge is 0.377 e. The number of ketones is 1. The van der Waals surface area contributed by atoms with Crippen LogP contribution in [0.4, 0.5) is 0 Å². The maximum atomic E-state index is 12.6. The molecule has 0 aliphatic carbocycles. The van der Waals surface area contributed by atoms with Gasteiger partial charge < -0.3 is 23.3 Å². The summed E-state index contributed by atoms with van der Waals surface area (Å²) in [7, 11) is 3.21. The highest BCUT2D eigenvalue weighted by Gasteiger charge is 2.19. The Kier molecular flexibility index (Phi) is 6.79. The summed E-state index contributed by atoms with van der Waals surface area (Å²) in [5.74, 6) is 0.361. The number of hydrogen-bond donors (Lipinski definition) is 0. The lowest BCUT2D eigenvalue weighted by atomic mass is 10.1. The molecule has 0 aliphatic rings. The minimum absolute atomic E-state index is 0.0225. The average molecular weight is 426 g/mol. The number of ether oxygens (including phenoxy) is 3. The number of Topliss-reactive ketones (excluding diaryl/α,β-unsaturated/α-hetero) is 1. The lowest BCUT2D eigenvalue weighted by Gasteiger charge is -2.12. The monoisotopic (exact) mass is 426 g/mol. The maximum Gasteiger partial charge on any atom is 0.377 e. The number of nitrogens with zero attached hydrogens (tertiary/aromatic N) is 2. The van der Waals surface area contributed by atoms with Crippen LogP contribution in [0.1, 0.15) is 43.6 Å². The van der Waals surface area contributed by atoms with Crippen LogP contribution in [0.5, 0.6) is 11.5 Å². The fourth-order valence-corrected chi connectivity index (χ4v) is 3.44. The number of carbonyl (C=O) groups excluding carboxylic acids is 2. The van der Waals surface area contributed by atoms with Crippen LogP contribution in [-0.4, -0.2) is 42.3 Å². The molecule has 0 N–H and O–H groups in total. The zero-order valence-electron chi connectivity index (χ0n) is 18.4. The van der Waals surface area contributed by atoms with Gasteiger partial charge in [-0.1, -0.05) is 11.2 Å². The summed E-state index contributed by atoms with van der Waals surface area (Å²) < 4.78 is 22.7. The summed E-state index contributed by atoms with van der Waals surface area (Å²) >= 11 is 0. The molecule has 0 spiro atoms. The van der Waals surface area contributed by atoms with Crippen molar-refractivity contribution in [3.63, 3.8) is 0 Å². The SMILES string of the molecule is COc1ccc(CCn2c(C)cc(C(=O)COC(=O)c3cc(C)no3)c2C)cc1OC. The van der Waals surface area contributed by atoms with Crippen LogP contribution in [0.3, 0.4) is 0 Å². The van der Waals surface area contributed by atoms with Gasteiger partial charge >= 0.3 is 5.97 Å². The lowest BCUT2D eigenvalue weighted by Crippen LogP contribution is -2.15. The van der Waals surface area contributed by atoms with Gasteiger partial charge in [0.25, 0.3) is 0 Å². The van der Waals surface area contributed by atoms with Gasteiger partial charge in [0.1, 0.15) is 0 Å². The van der Waals surface area contributed by atoms with Crippen molar-refractivity contribution >= 4 is 11.8 Å². The topological polar surface area (TPSA) is 92.8 Å². The molecular weight excluding hydrogens is 400 g/mol. The maximum absolute atomic E-state index is 12.6. The minimum Gasteiger partial charge on any atom is -0.493 e. The summed E-state index contributed by atoms with van der Waals surface area (Å²) in [6.07, 6.45) is 0.754. The number of rotatable bonds is 9. The van der Waals surface area contributed by atoms with Crippen molar-refractivity contribution < 1.29 is 28.3 Å². The van der Waals surface area contributed by atoms with E-state index < -0.39 is 5.97 Å². The molecular formula is C23H26N2O6. The summed E-state index contributed by atoms with van der Waals surface area (Å²) in [5, 5.41) is 3.64. The molecule has 3 rings (SSSR count). The standard InChI is InChI=1S/C23H26N2O6/c1-14-10-22(31-24-14)23(27)30-13-19(26)18-11-15(2)25(16(18)3)9-8-17-6-7-20(28-4)21(12-17)29-5/h6-7,10-12H,8-9,13H2,1-5H3. The second kappa shape index (κ2) is 9.51. The highest BCUT2D eigenvalue weighted by molar-refractivity contribution is 6.00. The quantitative estimate of drug-likeness (QED) is 0.380. The summed E-state index contributed by atoms with van der Waals surface area (Å²) in [6.45, 7) is 5.86. The van der Waals surface area contributed by atoms with E-state index in [-0.39, 0.29) is 18.2 Å². The van der Waals surface area contributed by atoms with Crippen LogP contribution in [0, 0.1) is 20.8 Å². The summed E-state index contributed by atoms with van der Waals surface area (Å²) in [5.41, 5.74) is 3.98. The Hall–Kier alpha value is -3.55. The van der Waals surface area contributed by atoms with Crippen LogP contribution in [0.25, 0.3) is 0 Å². The first-order valence-electron chi connectivity index (χ1n) is 9.85. The first kappa shape index (κ1) is 22.1. The minimum atomic E-state index is -0.712. The first-order valence-corrected chi connectivity index (χ1v) is 9.85. The number of esters is 1. The molecule has 2 aromatic heterocycles. The van der Waals surface area contributed by atoms with Gasteiger partial charge in [-0.15, -0.1) is 0 Å².